The minimum absolute atomic E-state index is 0.569. The molecule has 0 aromatic rings. The lowest BCUT2D eigenvalue weighted by atomic mass is 10.8. The van der Waals surface area contributed by atoms with Crippen molar-refractivity contribution in [2.45, 2.75) is 0 Å². The lowest BCUT2D eigenvalue weighted by Crippen LogP contribution is -1.68. The van der Waals surface area contributed by atoms with Crippen molar-refractivity contribution >= 4 is 6.29 Å². The van der Waals surface area contributed by atoms with E-state index in [9.17, 15) is 0 Å². The molecule has 0 aliphatic carbocycles. The predicted octanol–water partition coefficient (Wildman–Crippen LogP) is -0.459. The van der Waals surface area contributed by atoms with Crippen LogP contribution >= 0.6 is 0 Å². The molecule has 0 aliphatic heterocycles. The second kappa shape index (κ2) is 2.63. The molecule has 0 rings (SSSR count). The van der Waals surface area contributed by atoms with E-state index in [0.29, 0.717) is 6.54 Å². The molecular weight excluding hydrogens is 54.0 g/mol. The van der Waals surface area contributed by atoms with Crippen molar-refractivity contribution in [3.8, 4) is 0 Å². The van der Waals surface area contributed by atoms with Crippen molar-refractivity contribution in [1.29, 1.82) is 0 Å². The van der Waals surface area contributed by atoms with Crippen LogP contribution in [0.2, 0.25) is 0 Å². The molecule has 0 aliphatic rings. The van der Waals surface area contributed by atoms with Gasteiger partial charge in [-0.05, 0) is 0 Å². The molecule has 0 fully saturated rings. The van der Waals surface area contributed by atoms with E-state index in [2.05, 4.69) is 0 Å². The normalized spacial score (nSPS) is 6.25. The van der Waals surface area contributed by atoms with Crippen molar-refractivity contribution in [1.82, 2.24) is 5.73 Å². The molecule has 0 heterocycles. The molecule has 0 atom stereocenters. The largest absolute Gasteiger partial charge is 0.289 e. The summed E-state index contributed by atoms with van der Waals surface area (Å²) in [4.78, 5) is 8.81. The van der Waals surface area contributed by atoms with Crippen LogP contribution in [0.5, 0.6) is 0 Å². The molecule has 0 aromatic carbocycles. The summed E-state index contributed by atoms with van der Waals surface area (Å²) >= 11 is 0. The number of rotatable bonds is 1. The van der Waals surface area contributed by atoms with Gasteiger partial charge in [-0.2, -0.15) is 0 Å². The van der Waals surface area contributed by atoms with Crippen LogP contribution in [0.15, 0.2) is 0 Å². The maximum absolute atomic E-state index is 8.81. The highest BCUT2D eigenvalue weighted by Crippen LogP contribution is 1.38. The molecule has 0 unspecified atom stereocenters. The highest BCUT2D eigenvalue weighted by molar-refractivity contribution is 5.59. The van der Waals surface area contributed by atoms with E-state index >= 15 is 0 Å². The fourth-order valence-corrected chi connectivity index (χ4v) is 0. The summed E-state index contributed by atoms with van der Waals surface area (Å²) in [7, 11) is 0. The average molecular weight is 56.0 g/mol. The van der Waals surface area contributed by atoms with E-state index in [4.69, 9.17) is 10.5 Å². The Balaban J connectivity index is 2.30. The fourth-order valence-electron chi connectivity index (χ4n) is 0. The molecular formula is C2H2NO. The molecule has 1 N–H and O–H groups in total. The molecule has 4 heavy (non-hydrogen) atoms. The topological polar surface area (TPSA) is 40.9 Å². The van der Waals surface area contributed by atoms with Gasteiger partial charge in [0.15, 0.2) is 0 Å². The van der Waals surface area contributed by atoms with Crippen molar-refractivity contribution in [3.05, 3.63) is 6.54 Å². The summed E-state index contributed by atoms with van der Waals surface area (Å²) in [5.74, 6) is 0. The lowest BCUT2D eigenvalue weighted by Gasteiger charge is -1.48. The van der Waals surface area contributed by atoms with E-state index in [1.54, 1.807) is 0 Å². The Labute approximate surface area is 24.6 Å². The third-order valence-corrected chi connectivity index (χ3v) is 0.0589. The Hall–Kier alpha value is -0.370. The third-order valence-electron chi connectivity index (χ3n) is 0.0589. The molecule has 0 aromatic heterocycles. The van der Waals surface area contributed by atoms with Gasteiger partial charge in [-0.15, -0.1) is 0 Å². The number of nitrogens with one attached hydrogen (secondary N) is 1. The van der Waals surface area contributed by atoms with Crippen LogP contribution in [0.1, 0.15) is 0 Å². The zero-order chi connectivity index (χ0) is 3.41. The van der Waals surface area contributed by atoms with Crippen LogP contribution in [-0.2, 0) is 4.79 Å². The van der Waals surface area contributed by atoms with Crippen LogP contribution in [0.3, 0.4) is 0 Å². The van der Waals surface area contributed by atoms with E-state index < -0.39 is 0 Å². The van der Waals surface area contributed by atoms with Gasteiger partial charge in [0, 0.05) is 0 Å². The molecule has 2 heteroatoms. The minimum Gasteiger partial charge on any atom is -0.289 e. The SMILES string of the molecule is [NH][CH][C]=O. The first kappa shape index (κ1) is 3.63. The number of hydrogen-bond acceptors (Lipinski definition) is 1. The van der Waals surface area contributed by atoms with Gasteiger partial charge in [0.25, 0.3) is 0 Å². The molecule has 0 bridgehead atoms. The average Bonchev–Trinajstić information content (AvgIpc) is 1.37. The van der Waals surface area contributed by atoms with Crippen LogP contribution < -0.4 is 5.73 Å². The Morgan fingerprint density at radius 3 is 2.25 bits per heavy atom. The molecule has 0 spiro atoms. The second-order valence-electron chi connectivity index (χ2n) is 0.262. The Kier molecular flexibility index (Phi) is 2.39. The highest BCUT2D eigenvalue weighted by Gasteiger charge is 1.58. The van der Waals surface area contributed by atoms with Crippen molar-refractivity contribution < 1.29 is 4.79 Å². The van der Waals surface area contributed by atoms with Crippen molar-refractivity contribution in [2.24, 2.45) is 0 Å². The second-order valence-corrected chi connectivity index (χ2v) is 0.262. The van der Waals surface area contributed by atoms with Gasteiger partial charge < -0.3 is 0 Å². The first-order valence-electron chi connectivity index (χ1n) is 0.781. The van der Waals surface area contributed by atoms with Gasteiger partial charge in [0.05, 0.1) is 0 Å². The first-order chi connectivity index (χ1) is 1.91. The molecule has 0 amide bonds. The lowest BCUT2D eigenvalue weighted by molar-refractivity contribution is 0.560. The fraction of sp³-hybridized carbons (Fsp3) is 0. The van der Waals surface area contributed by atoms with E-state index in [-0.39, 0.29) is 0 Å². The summed E-state index contributed by atoms with van der Waals surface area (Å²) < 4.78 is 0. The Morgan fingerprint density at radius 2 is 2.25 bits per heavy atom. The van der Waals surface area contributed by atoms with Crippen LogP contribution in [0, 0.1) is 6.54 Å². The van der Waals surface area contributed by atoms with Gasteiger partial charge in [0.1, 0.15) is 6.54 Å². The number of hydrogen-bond donors (Lipinski definition) is 0. The molecule has 2 nitrogen and oxygen atoms in total. The van der Waals surface area contributed by atoms with Gasteiger partial charge in [-0.3, -0.25) is 4.79 Å². The predicted molar refractivity (Wildman–Crippen MR) is 13.1 cm³/mol. The zero-order valence-electron chi connectivity index (χ0n) is 1.99. The van der Waals surface area contributed by atoms with Gasteiger partial charge >= 0.3 is 0 Å². The van der Waals surface area contributed by atoms with Gasteiger partial charge in [-0.1, -0.05) is 0 Å². The maximum Gasteiger partial charge on any atom is 0.220 e. The quantitative estimate of drug-likeness (QED) is 0.400. The van der Waals surface area contributed by atoms with E-state index in [1.165, 1.54) is 6.29 Å². The summed E-state index contributed by atoms with van der Waals surface area (Å²) in [6.45, 7) is 0.569. The Bertz CT molecular complexity index is 20.0. The standard InChI is InChI=1S/C2H2NO/c3-1-2-4/h1,3H. The monoisotopic (exact) mass is 56.0 g/mol. The van der Waals surface area contributed by atoms with Crippen molar-refractivity contribution in [3.63, 3.8) is 0 Å². The zero-order valence-corrected chi connectivity index (χ0v) is 1.99. The summed E-state index contributed by atoms with van der Waals surface area (Å²) in [6, 6.07) is 0. The summed E-state index contributed by atoms with van der Waals surface area (Å²) in [6.07, 6.45) is 1.22. The van der Waals surface area contributed by atoms with E-state index in [1.807, 2.05) is 0 Å². The molecule has 21 valence electrons. The molecule has 3 radical (unpaired) electrons. The maximum atomic E-state index is 8.81. The highest BCUT2D eigenvalue weighted by atomic mass is 16.1. The third kappa shape index (κ3) is 1.63. The Morgan fingerprint density at radius 1 is 2.00 bits per heavy atom. The van der Waals surface area contributed by atoms with Gasteiger partial charge in [0.2, 0.25) is 6.29 Å². The van der Waals surface area contributed by atoms with Gasteiger partial charge in [-0.25, -0.2) is 5.73 Å². The smallest absolute Gasteiger partial charge is 0.220 e. The minimum atomic E-state index is 0.569. The number of carbonyl (C=O) groups excluding carboxylic acids is 1. The first-order valence-corrected chi connectivity index (χ1v) is 0.781. The molecule has 0 saturated carbocycles. The van der Waals surface area contributed by atoms with E-state index in [0.717, 1.165) is 0 Å². The molecule has 0 saturated heterocycles. The summed E-state index contributed by atoms with van der Waals surface area (Å²) in [5, 5.41) is 0. The van der Waals surface area contributed by atoms with Crippen LogP contribution in [-0.4, -0.2) is 6.29 Å². The van der Waals surface area contributed by atoms with Crippen LogP contribution in [0.25, 0.3) is 0 Å². The summed E-state index contributed by atoms with van der Waals surface area (Å²) in [5.41, 5.74) is 5.90. The van der Waals surface area contributed by atoms with Crippen molar-refractivity contribution in [2.75, 3.05) is 0 Å². The van der Waals surface area contributed by atoms with Crippen LogP contribution in [0.4, 0.5) is 0 Å².